The van der Waals surface area contributed by atoms with Crippen molar-refractivity contribution >= 4 is 51.1 Å². The van der Waals surface area contributed by atoms with Gasteiger partial charge in [-0.3, -0.25) is 4.79 Å². The highest BCUT2D eigenvalue weighted by Crippen LogP contribution is 2.30. The lowest BCUT2D eigenvalue weighted by Gasteiger charge is -2.12. The highest BCUT2D eigenvalue weighted by atomic mass is 127. The number of benzene rings is 2. The number of carbonyl (C=O) groups is 1. The zero-order chi connectivity index (χ0) is 15.0. The van der Waals surface area contributed by atoms with E-state index in [2.05, 4.69) is 62.6 Å². The lowest BCUT2D eigenvalue weighted by Crippen LogP contribution is -2.35. The predicted octanol–water partition coefficient (Wildman–Crippen LogP) is 3.93. The summed E-state index contributed by atoms with van der Waals surface area (Å²) < 4.78 is 15.4. The maximum absolute atomic E-state index is 12.9. The Morgan fingerprint density at radius 2 is 1.52 bits per heavy atom. The third-order valence-electron chi connectivity index (χ3n) is 3.66. The van der Waals surface area contributed by atoms with Crippen LogP contribution in [-0.4, -0.2) is 11.9 Å². The summed E-state index contributed by atoms with van der Waals surface area (Å²) in [5, 5.41) is 3.05. The summed E-state index contributed by atoms with van der Waals surface area (Å²) in [4.78, 5) is 12.2. The summed E-state index contributed by atoms with van der Waals surface area (Å²) in [6.45, 7) is 0. The molecule has 0 saturated carbocycles. The van der Waals surface area contributed by atoms with Gasteiger partial charge in [-0.2, -0.15) is 0 Å². The van der Waals surface area contributed by atoms with Crippen molar-refractivity contribution in [1.29, 1.82) is 0 Å². The molecular formula is C16H12FI2NO. The monoisotopic (exact) mass is 507 g/mol. The molecule has 0 fully saturated rings. The van der Waals surface area contributed by atoms with Gasteiger partial charge in [0.05, 0.1) is 0 Å². The molecule has 5 heteroatoms. The van der Waals surface area contributed by atoms with E-state index >= 15 is 0 Å². The van der Waals surface area contributed by atoms with Crippen molar-refractivity contribution in [2.45, 2.75) is 18.9 Å². The SMILES string of the molecule is O=C(NC1Cc2c(I)ccc(I)c2C1)c1ccc(F)cc1. The highest BCUT2D eigenvalue weighted by Gasteiger charge is 2.26. The van der Waals surface area contributed by atoms with Gasteiger partial charge in [0.1, 0.15) is 5.82 Å². The number of halogens is 3. The molecule has 0 radical (unpaired) electrons. The van der Waals surface area contributed by atoms with Crippen molar-refractivity contribution in [2.75, 3.05) is 0 Å². The zero-order valence-electron chi connectivity index (χ0n) is 11.0. The maximum atomic E-state index is 12.9. The smallest absolute Gasteiger partial charge is 0.251 e. The third kappa shape index (κ3) is 3.23. The van der Waals surface area contributed by atoms with Gasteiger partial charge in [-0.05, 0) is 106 Å². The van der Waals surface area contributed by atoms with Crippen LogP contribution in [0.25, 0.3) is 0 Å². The van der Waals surface area contributed by atoms with E-state index in [9.17, 15) is 9.18 Å². The number of carbonyl (C=O) groups excluding carboxylic acids is 1. The van der Waals surface area contributed by atoms with E-state index in [1.807, 2.05) is 0 Å². The highest BCUT2D eigenvalue weighted by molar-refractivity contribution is 14.1. The van der Waals surface area contributed by atoms with E-state index < -0.39 is 0 Å². The molecule has 0 heterocycles. The van der Waals surface area contributed by atoms with E-state index in [4.69, 9.17) is 0 Å². The van der Waals surface area contributed by atoms with Gasteiger partial charge in [-0.1, -0.05) is 0 Å². The second kappa shape index (κ2) is 6.20. The first-order valence-corrected chi connectivity index (χ1v) is 8.72. The lowest BCUT2D eigenvalue weighted by atomic mass is 10.1. The van der Waals surface area contributed by atoms with Gasteiger partial charge in [-0.25, -0.2) is 4.39 Å². The van der Waals surface area contributed by atoms with E-state index in [-0.39, 0.29) is 17.8 Å². The Kier molecular flexibility index (Phi) is 4.49. The van der Waals surface area contributed by atoms with E-state index in [0.29, 0.717) is 5.56 Å². The van der Waals surface area contributed by atoms with Crippen LogP contribution >= 0.6 is 45.2 Å². The Hall–Kier alpha value is -0.700. The molecule has 3 rings (SSSR count). The standard InChI is InChI=1S/C16H12FI2NO/c17-10-3-1-9(2-4-10)16(21)20-11-7-12-13(8-11)15(19)6-5-14(12)18/h1-6,11H,7-8H2,(H,20,21). The van der Waals surface area contributed by atoms with E-state index in [0.717, 1.165) is 12.8 Å². The number of rotatable bonds is 2. The Bertz CT molecular complexity index is 669. The van der Waals surface area contributed by atoms with Gasteiger partial charge >= 0.3 is 0 Å². The quantitative estimate of drug-likeness (QED) is 0.614. The molecule has 2 nitrogen and oxygen atoms in total. The first kappa shape index (κ1) is 15.2. The average molecular weight is 507 g/mol. The number of hydrogen-bond donors (Lipinski definition) is 1. The molecule has 0 aromatic heterocycles. The van der Waals surface area contributed by atoms with Crippen LogP contribution in [-0.2, 0) is 12.8 Å². The molecule has 2 aromatic rings. The molecule has 1 aliphatic carbocycles. The van der Waals surface area contributed by atoms with E-state index in [1.165, 1.54) is 42.5 Å². The van der Waals surface area contributed by atoms with Crippen LogP contribution in [0.5, 0.6) is 0 Å². The zero-order valence-corrected chi connectivity index (χ0v) is 15.3. The van der Waals surface area contributed by atoms with Gasteiger partial charge < -0.3 is 5.32 Å². The summed E-state index contributed by atoms with van der Waals surface area (Å²) in [7, 11) is 0. The van der Waals surface area contributed by atoms with Crippen molar-refractivity contribution in [3.63, 3.8) is 0 Å². The molecule has 0 spiro atoms. The van der Waals surface area contributed by atoms with Crippen molar-refractivity contribution in [3.05, 3.63) is 66.0 Å². The third-order valence-corrected chi connectivity index (χ3v) is 5.68. The van der Waals surface area contributed by atoms with Crippen LogP contribution in [0.2, 0.25) is 0 Å². The average Bonchev–Trinajstić information content (AvgIpc) is 2.89. The number of amides is 1. The van der Waals surface area contributed by atoms with Crippen molar-refractivity contribution in [1.82, 2.24) is 5.32 Å². The fourth-order valence-corrected chi connectivity index (χ4v) is 4.07. The fourth-order valence-electron chi connectivity index (χ4n) is 2.61. The molecule has 0 saturated heterocycles. The van der Waals surface area contributed by atoms with Crippen LogP contribution in [0.1, 0.15) is 21.5 Å². The minimum atomic E-state index is -0.330. The molecule has 0 aliphatic heterocycles. The topological polar surface area (TPSA) is 29.1 Å². The molecule has 108 valence electrons. The van der Waals surface area contributed by atoms with Crippen LogP contribution < -0.4 is 5.32 Å². The molecule has 0 bridgehead atoms. The second-order valence-electron chi connectivity index (χ2n) is 5.07. The maximum Gasteiger partial charge on any atom is 0.251 e. The number of hydrogen-bond acceptors (Lipinski definition) is 1. The Morgan fingerprint density at radius 3 is 2.05 bits per heavy atom. The van der Waals surface area contributed by atoms with Crippen molar-refractivity contribution < 1.29 is 9.18 Å². The second-order valence-corrected chi connectivity index (χ2v) is 7.40. The lowest BCUT2D eigenvalue weighted by molar-refractivity contribution is 0.0938. The molecule has 21 heavy (non-hydrogen) atoms. The predicted molar refractivity (Wildman–Crippen MR) is 96.9 cm³/mol. The van der Waals surface area contributed by atoms with Gasteiger partial charge in [0.25, 0.3) is 5.91 Å². The Morgan fingerprint density at radius 1 is 1.00 bits per heavy atom. The van der Waals surface area contributed by atoms with Crippen LogP contribution in [0, 0.1) is 13.0 Å². The minimum Gasteiger partial charge on any atom is -0.349 e. The molecular weight excluding hydrogens is 495 g/mol. The minimum absolute atomic E-state index is 0.113. The first-order valence-electron chi connectivity index (χ1n) is 6.57. The summed E-state index contributed by atoms with van der Waals surface area (Å²) >= 11 is 4.69. The Balaban J connectivity index is 1.74. The number of fused-ring (bicyclic) bond motifs is 1. The van der Waals surface area contributed by atoms with Gasteiger partial charge in [0, 0.05) is 18.7 Å². The molecule has 1 aliphatic rings. The van der Waals surface area contributed by atoms with Gasteiger partial charge in [-0.15, -0.1) is 0 Å². The van der Waals surface area contributed by atoms with Crippen LogP contribution in [0.15, 0.2) is 36.4 Å². The molecule has 1 N–H and O–H groups in total. The molecule has 0 atom stereocenters. The van der Waals surface area contributed by atoms with Crippen molar-refractivity contribution in [2.24, 2.45) is 0 Å². The molecule has 2 aromatic carbocycles. The molecule has 1 amide bonds. The summed E-state index contributed by atoms with van der Waals surface area (Å²) in [5.74, 6) is -0.471. The van der Waals surface area contributed by atoms with Crippen molar-refractivity contribution in [3.8, 4) is 0 Å². The van der Waals surface area contributed by atoms with Gasteiger partial charge in [0.15, 0.2) is 0 Å². The fraction of sp³-hybridized carbons (Fsp3) is 0.188. The van der Waals surface area contributed by atoms with Crippen LogP contribution in [0.3, 0.4) is 0 Å². The van der Waals surface area contributed by atoms with E-state index in [1.54, 1.807) is 0 Å². The van der Waals surface area contributed by atoms with Crippen LogP contribution in [0.4, 0.5) is 4.39 Å². The number of nitrogens with one attached hydrogen (secondary N) is 1. The largest absolute Gasteiger partial charge is 0.349 e. The molecule has 0 unspecified atom stereocenters. The Labute approximate surface area is 149 Å². The van der Waals surface area contributed by atoms with Gasteiger partial charge in [0.2, 0.25) is 0 Å². The summed E-state index contributed by atoms with van der Waals surface area (Å²) in [5.41, 5.74) is 3.18. The first-order chi connectivity index (χ1) is 10.0. The summed E-state index contributed by atoms with van der Waals surface area (Å²) in [6.07, 6.45) is 1.72. The summed E-state index contributed by atoms with van der Waals surface area (Å²) in [6, 6.07) is 9.99. The normalized spacial score (nSPS) is 14.0.